The van der Waals surface area contributed by atoms with E-state index in [-0.39, 0.29) is 24.2 Å². The first kappa shape index (κ1) is 18.0. The highest BCUT2D eigenvalue weighted by Gasteiger charge is 2.26. The molecule has 1 N–H and O–H groups in total. The van der Waals surface area contributed by atoms with Crippen LogP contribution in [0, 0.1) is 5.82 Å². The van der Waals surface area contributed by atoms with Crippen LogP contribution in [0.15, 0.2) is 47.7 Å². The Morgan fingerprint density at radius 2 is 2.07 bits per heavy atom. The normalized spacial score (nSPS) is 15.0. The predicted molar refractivity (Wildman–Crippen MR) is 98.8 cm³/mol. The minimum Gasteiger partial charge on any atom is -0.341 e. The van der Waals surface area contributed by atoms with E-state index in [1.54, 1.807) is 23.2 Å². The summed E-state index contributed by atoms with van der Waals surface area (Å²) in [5.74, 6) is 0.423. The number of nitrogens with one attached hydrogen (secondary N) is 1. The Hall–Kier alpha value is -3.36. The molecule has 0 aliphatic carbocycles. The molecule has 1 amide bonds. The number of halogens is 1. The number of hydrogen-bond donors (Lipinski definition) is 1. The minimum absolute atomic E-state index is 0.0223. The van der Waals surface area contributed by atoms with Gasteiger partial charge in [0.1, 0.15) is 24.5 Å². The summed E-state index contributed by atoms with van der Waals surface area (Å²) >= 11 is 0. The number of aromatic amines is 1. The maximum atomic E-state index is 13.5. The van der Waals surface area contributed by atoms with Crippen molar-refractivity contribution in [2.75, 3.05) is 13.1 Å². The number of piperidine rings is 1. The third-order valence-electron chi connectivity index (χ3n) is 4.93. The van der Waals surface area contributed by atoms with E-state index in [0.717, 1.165) is 12.8 Å². The number of carbonyl (C=O) groups excluding carboxylic acids is 1. The molecule has 1 aliphatic heterocycles. The van der Waals surface area contributed by atoms with Gasteiger partial charge in [0.25, 0.3) is 0 Å². The molecule has 3 aromatic rings. The molecule has 1 aliphatic rings. The van der Waals surface area contributed by atoms with Crippen LogP contribution >= 0.6 is 0 Å². The van der Waals surface area contributed by atoms with Gasteiger partial charge in [0.15, 0.2) is 0 Å². The van der Waals surface area contributed by atoms with Crippen LogP contribution < -0.4 is 5.69 Å². The molecule has 0 bridgehead atoms. The molecule has 1 aromatic carbocycles. The molecule has 3 heterocycles. The Labute approximate surface area is 160 Å². The van der Waals surface area contributed by atoms with Crippen molar-refractivity contribution in [2.45, 2.75) is 25.3 Å². The molecule has 0 spiro atoms. The molecule has 4 rings (SSSR count). The van der Waals surface area contributed by atoms with Gasteiger partial charge in [-0.15, -0.1) is 0 Å². The molecule has 0 atom stereocenters. The lowest BCUT2D eigenvalue weighted by molar-refractivity contribution is -0.133. The SMILES string of the molecule is O=C(Cn1cn[nH]c1=O)N1CCC(c2nccc(-c3cccc(F)c3)n2)CC1. The van der Waals surface area contributed by atoms with Crippen LogP contribution in [-0.4, -0.2) is 48.6 Å². The van der Waals surface area contributed by atoms with Gasteiger partial charge in [-0.1, -0.05) is 12.1 Å². The zero-order chi connectivity index (χ0) is 19.5. The van der Waals surface area contributed by atoms with Gasteiger partial charge in [-0.05, 0) is 31.0 Å². The Morgan fingerprint density at radius 1 is 1.25 bits per heavy atom. The van der Waals surface area contributed by atoms with E-state index in [9.17, 15) is 14.0 Å². The van der Waals surface area contributed by atoms with Crippen molar-refractivity contribution in [3.05, 3.63) is 65.0 Å². The highest BCUT2D eigenvalue weighted by Crippen LogP contribution is 2.27. The number of likely N-dealkylation sites (tertiary alicyclic amines) is 1. The van der Waals surface area contributed by atoms with Crippen LogP contribution in [0.4, 0.5) is 4.39 Å². The van der Waals surface area contributed by atoms with E-state index in [1.165, 1.54) is 23.0 Å². The van der Waals surface area contributed by atoms with Crippen LogP contribution in [0.5, 0.6) is 0 Å². The fourth-order valence-corrected chi connectivity index (χ4v) is 3.39. The number of nitrogens with zero attached hydrogens (tertiary/aromatic N) is 5. The second kappa shape index (κ2) is 7.71. The summed E-state index contributed by atoms with van der Waals surface area (Å²) in [6.45, 7) is 1.12. The highest BCUT2D eigenvalue weighted by molar-refractivity contribution is 5.76. The van der Waals surface area contributed by atoms with Gasteiger partial charge >= 0.3 is 5.69 Å². The van der Waals surface area contributed by atoms with Crippen molar-refractivity contribution < 1.29 is 9.18 Å². The van der Waals surface area contributed by atoms with E-state index in [4.69, 9.17) is 0 Å². The van der Waals surface area contributed by atoms with E-state index in [1.807, 2.05) is 6.07 Å². The summed E-state index contributed by atoms with van der Waals surface area (Å²) in [5.41, 5.74) is 0.995. The van der Waals surface area contributed by atoms with Crippen LogP contribution in [0.2, 0.25) is 0 Å². The first-order valence-electron chi connectivity index (χ1n) is 9.06. The molecule has 1 saturated heterocycles. The second-order valence-corrected chi connectivity index (χ2v) is 6.75. The maximum Gasteiger partial charge on any atom is 0.343 e. The number of rotatable bonds is 4. The fraction of sp³-hybridized carbons (Fsp3) is 0.316. The van der Waals surface area contributed by atoms with E-state index in [0.29, 0.717) is 30.2 Å². The number of amides is 1. The van der Waals surface area contributed by atoms with Crippen LogP contribution in [0.3, 0.4) is 0 Å². The summed E-state index contributed by atoms with van der Waals surface area (Å²) in [6, 6.07) is 8.08. The number of H-pyrrole nitrogens is 1. The average Bonchev–Trinajstić information content (AvgIpc) is 3.12. The summed E-state index contributed by atoms with van der Waals surface area (Å²) in [7, 11) is 0. The van der Waals surface area contributed by atoms with Gasteiger partial charge in [0.2, 0.25) is 5.91 Å². The van der Waals surface area contributed by atoms with E-state index < -0.39 is 5.69 Å². The van der Waals surface area contributed by atoms with Crippen LogP contribution in [0.25, 0.3) is 11.3 Å². The van der Waals surface area contributed by atoms with E-state index >= 15 is 0 Å². The Balaban J connectivity index is 1.41. The monoisotopic (exact) mass is 382 g/mol. The summed E-state index contributed by atoms with van der Waals surface area (Å²) in [4.78, 5) is 34.6. The molecule has 0 saturated carbocycles. The van der Waals surface area contributed by atoms with Gasteiger partial charge < -0.3 is 4.90 Å². The summed E-state index contributed by atoms with van der Waals surface area (Å²) in [6.07, 6.45) is 4.47. The number of aromatic nitrogens is 5. The predicted octanol–water partition coefficient (Wildman–Crippen LogP) is 1.57. The van der Waals surface area contributed by atoms with Gasteiger partial charge in [-0.2, -0.15) is 5.10 Å². The third kappa shape index (κ3) is 3.83. The van der Waals surface area contributed by atoms with Crippen LogP contribution in [-0.2, 0) is 11.3 Å². The fourth-order valence-electron chi connectivity index (χ4n) is 3.39. The first-order chi connectivity index (χ1) is 13.6. The van der Waals surface area contributed by atoms with Crippen LogP contribution in [0.1, 0.15) is 24.6 Å². The number of hydrogen-bond acceptors (Lipinski definition) is 5. The van der Waals surface area contributed by atoms with Gasteiger partial charge in [-0.3, -0.25) is 9.36 Å². The Bertz CT molecular complexity index is 1040. The molecule has 28 heavy (non-hydrogen) atoms. The molecule has 2 aromatic heterocycles. The third-order valence-corrected chi connectivity index (χ3v) is 4.93. The molecule has 0 radical (unpaired) electrons. The average molecular weight is 382 g/mol. The Morgan fingerprint density at radius 3 is 2.79 bits per heavy atom. The van der Waals surface area contributed by atoms with Crippen molar-refractivity contribution in [1.29, 1.82) is 0 Å². The quantitative estimate of drug-likeness (QED) is 0.739. The highest BCUT2D eigenvalue weighted by atomic mass is 19.1. The zero-order valence-corrected chi connectivity index (χ0v) is 15.1. The van der Waals surface area contributed by atoms with Crippen molar-refractivity contribution in [3.63, 3.8) is 0 Å². The van der Waals surface area contributed by atoms with E-state index in [2.05, 4.69) is 20.2 Å². The van der Waals surface area contributed by atoms with Gasteiger partial charge in [0, 0.05) is 30.8 Å². The molecular weight excluding hydrogens is 363 g/mol. The van der Waals surface area contributed by atoms with Crippen molar-refractivity contribution in [1.82, 2.24) is 29.6 Å². The molecule has 0 unspecified atom stereocenters. The molecule has 1 fully saturated rings. The number of carbonyl (C=O) groups is 1. The first-order valence-corrected chi connectivity index (χ1v) is 9.06. The molecular formula is C19H19FN6O2. The van der Waals surface area contributed by atoms with Crippen molar-refractivity contribution in [2.24, 2.45) is 0 Å². The lowest BCUT2D eigenvalue weighted by Crippen LogP contribution is -2.41. The summed E-state index contributed by atoms with van der Waals surface area (Å²) < 4.78 is 14.7. The molecule has 8 nitrogen and oxygen atoms in total. The van der Waals surface area contributed by atoms with Gasteiger partial charge in [-0.25, -0.2) is 24.3 Å². The Kier molecular flexibility index (Phi) is 4.96. The zero-order valence-electron chi connectivity index (χ0n) is 15.1. The smallest absolute Gasteiger partial charge is 0.341 e. The summed E-state index contributed by atoms with van der Waals surface area (Å²) in [5, 5.41) is 5.90. The van der Waals surface area contributed by atoms with Gasteiger partial charge in [0.05, 0.1) is 5.69 Å². The largest absolute Gasteiger partial charge is 0.343 e. The van der Waals surface area contributed by atoms with Crippen molar-refractivity contribution >= 4 is 5.91 Å². The standard InChI is InChI=1S/C19H19FN6O2/c20-15-3-1-2-14(10-15)16-4-7-21-18(23-16)13-5-8-25(9-6-13)17(27)11-26-12-22-24-19(26)28/h1-4,7,10,12-13H,5-6,8-9,11H2,(H,24,28). The second-order valence-electron chi connectivity index (χ2n) is 6.75. The molecule has 9 heteroatoms. The number of benzene rings is 1. The maximum absolute atomic E-state index is 13.5. The van der Waals surface area contributed by atoms with Crippen molar-refractivity contribution in [3.8, 4) is 11.3 Å². The lowest BCUT2D eigenvalue weighted by atomic mass is 9.95. The molecule has 144 valence electrons. The lowest BCUT2D eigenvalue weighted by Gasteiger charge is -2.31. The minimum atomic E-state index is -0.397. The topological polar surface area (TPSA) is 96.8 Å².